The molecule has 1 aliphatic carbocycles. The SMILES string of the molecule is COC(=O)C1CCC(N(C)Cc2ncc(-c3cccc(-c4cccc(Nc5nc(C(F)F)nc6cc(CN7CC[C@@H](O)C7)cnc56)c4C)c3C)nc2OC)CC1. The first kappa shape index (κ1) is 39.1. The molecule has 2 aliphatic rings. The number of halogens is 2. The smallest absolute Gasteiger partial charge is 0.308 e. The molecule has 1 aliphatic heterocycles. The van der Waals surface area contributed by atoms with Crippen LogP contribution < -0.4 is 10.1 Å². The topological polar surface area (TPSA) is 139 Å². The van der Waals surface area contributed by atoms with E-state index >= 15 is 0 Å². The Morgan fingerprint density at radius 2 is 1.70 bits per heavy atom. The maximum atomic E-state index is 14.1. The van der Waals surface area contributed by atoms with Gasteiger partial charge >= 0.3 is 5.97 Å². The molecule has 0 amide bonds. The highest BCUT2D eigenvalue weighted by molar-refractivity contribution is 5.89. The second-order valence-electron chi connectivity index (χ2n) is 14.9. The molecule has 2 N–H and O–H groups in total. The Hall–Kier alpha value is -5.18. The zero-order chi connectivity index (χ0) is 39.5. The van der Waals surface area contributed by atoms with Crippen molar-refractivity contribution in [1.29, 1.82) is 0 Å². The zero-order valence-electron chi connectivity index (χ0n) is 32.4. The summed E-state index contributed by atoms with van der Waals surface area (Å²) in [7, 11) is 5.11. The number of aromatic nitrogens is 5. The van der Waals surface area contributed by atoms with Crippen LogP contribution >= 0.6 is 0 Å². The number of alkyl halides is 2. The van der Waals surface area contributed by atoms with Gasteiger partial charge in [-0.3, -0.25) is 24.6 Å². The number of hydrogen-bond acceptors (Lipinski definition) is 12. The molecule has 56 heavy (non-hydrogen) atoms. The van der Waals surface area contributed by atoms with Gasteiger partial charge < -0.3 is 19.9 Å². The molecule has 0 unspecified atom stereocenters. The van der Waals surface area contributed by atoms with E-state index < -0.39 is 12.2 Å². The van der Waals surface area contributed by atoms with Gasteiger partial charge in [-0.2, -0.15) is 0 Å². The molecular weight excluding hydrogens is 719 g/mol. The summed E-state index contributed by atoms with van der Waals surface area (Å²) in [6.45, 7) is 6.44. The van der Waals surface area contributed by atoms with Crippen LogP contribution in [0.3, 0.4) is 0 Å². The number of carbonyl (C=O) groups is 1. The van der Waals surface area contributed by atoms with Gasteiger partial charge in [-0.05, 0) is 92.9 Å². The van der Waals surface area contributed by atoms with E-state index in [-0.39, 0.29) is 23.8 Å². The number of aliphatic hydroxyl groups excluding tert-OH is 1. The fourth-order valence-corrected chi connectivity index (χ4v) is 8.04. The highest BCUT2D eigenvalue weighted by Crippen LogP contribution is 2.37. The maximum Gasteiger partial charge on any atom is 0.308 e. The molecule has 0 radical (unpaired) electrons. The van der Waals surface area contributed by atoms with E-state index in [1.165, 1.54) is 7.11 Å². The first-order valence-electron chi connectivity index (χ1n) is 19.0. The molecule has 2 aromatic carbocycles. The van der Waals surface area contributed by atoms with Crippen molar-refractivity contribution in [2.24, 2.45) is 5.92 Å². The van der Waals surface area contributed by atoms with Crippen LogP contribution in [0.2, 0.25) is 0 Å². The molecule has 7 rings (SSSR count). The van der Waals surface area contributed by atoms with Crippen molar-refractivity contribution in [3.63, 3.8) is 0 Å². The van der Waals surface area contributed by atoms with E-state index in [2.05, 4.69) is 37.1 Å². The lowest BCUT2D eigenvalue weighted by molar-refractivity contribution is -0.146. The molecule has 2 fully saturated rings. The molecule has 5 aromatic rings. The number of ether oxygens (including phenoxy) is 2. The van der Waals surface area contributed by atoms with Crippen LogP contribution in [-0.4, -0.2) is 92.3 Å². The van der Waals surface area contributed by atoms with Gasteiger partial charge in [0, 0.05) is 49.7 Å². The summed E-state index contributed by atoms with van der Waals surface area (Å²) in [6, 6.07) is 14.0. The number of nitrogens with one attached hydrogen (secondary N) is 1. The first-order chi connectivity index (χ1) is 27.0. The molecule has 3 aromatic heterocycles. The van der Waals surface area contributed by atoms with Gasteiger partial charge in [0.2, 0.25) is 5.88 Å². The van der Waals surface area contributed by atoms with Crippen LogP contribution in [0.5, 0.6) is 5.88 Å². The molecule has 0 bridgehead atoms. The number of pyridine rings is 1. The van der Waals surface area contributed by atoms with Crippen molar-refractivity contribution >= 4 is 28.5 Å². The molecule has 12 nitrogen and oxygen atoms in total. The van der Waals surface area contributed by atoms with Crippen molar-refractivity contribution in [1.82, 2.24) is 34.7 Å². The Morgan fingerprint density at radius 1 is 0.964 bits per heavy atom. The highest BCUT2D eigenvalue weighted by Gasteiger charge is 2.30. The van der Waals surface area contributed by atoms with Crippen LogP contribution in [0.4, 0.5) is 20.3 Å². The average molecular weight is 767 g/mol. The van der Waals surface area contributed by atoms with E-state index in [9.17, 15) is 18.7 Å². The minimum Gasteiger partial charge on any atom is -0.480 e. The predicted octanol–water partition coefficient (Wildman–Crippen LogP) is 7.19. The number of esters is 1. The molecule has 294 valence electrons. The third kappa shape index (κ3) is 8.32. The van der Waals surface area contributed by atoms with Gasteiger partial charge in [0.15, 0.2) is 11.6 Å². The predicted molar refractivity (Wildman–Crippen MR) is 210 cm³/mol. The normalized spacial score (nSPS) is 18.9. The lowest BCUT2D eigenvalue weighted by atomic mass is 9.85. The number of benzene rings is 2. The van der Waals surface area contributed by atoms with Gasteiger partial charge in [0.25, 0.3) is 6.43 Å². The largest absolute Gasteiger partial charge is 0.480 e. The van der Waals surface area contributed by atoms with Crippen LogP contribution in [0, 0.1) is 19.8 Å². The molecule has 1 saturated carbocycles. The summed E-state index contributed by atoms with van der Waals surface area (Å²) in [5.74, 6) is -0.0851. The van der Waals surface area contributed by atoms with Crippen molar-refractivity contribution in [2.75, 3.05) is 39.7 Å². The summed E-state index contributed by atoms with van der Waals surface area (Å²) in [4.78, 5) is 39.1. The van der Waals surface area contributed by atoms with Crippen molar-refractivity contribution in [3.8, 4) is 28.3 Å². The molecule has 14 heteroatoms. The number of aliphatic hydroxyl groups is 1. The first-order valence-corrected chi connectivity index (χ1v) is 19.0. The Balaban J connectivity index is 1.13. The van der Waals surface area contributed by atoms with Gasteiger partial charge in [-0.25, -0.2) is 23.7 Å². The number of nitrogens with zero attached hydrogens (tertiary/aromatic N) is 7. The second kappa shape index (κ2) is 16.9. The van der Waals surface area contributed by atoms with E-state index in [1.54, 1.807) is 25.6 Å². The standard InChI is InChI=1S/C42H48F2N8O4/c1-24-30(8-6-10-32(24)35-20-45-36(41(49-35)55-4)23-51(3)28-14-12-27(13-15-28)42(54)56-5)31-9-7-11-33(25(31)2)47-39-37-34(48-40(50-39)38(43)44)18-26(19-46-37)21-52-17-16-29(53)22-52/h6-11,18-20,27-29,38,53H,12-17,21-23H2,1-5H3,(H,47,48,50)/t27?,28?,29-/m1/s1. The van der Waals surface area contributed by atoms with Gasteiger partial charge in [-0.15, -0.1) is 0 Å². The zero-order valence-corrected chi connectivity index (χ0v) is 32.4. The van der Waals surface area contributed by atoms with Crippen LogP contribution in [0.25, 0.3) is 33.4 Å². The maximum absolute atomic E-state index is 14.1. The summed E-state index contributed by atoms with van der Waals surface area (Å²) in [5, 5.41) is 13.2. The number of hydrogen-bond donors (Lipinski definition) is 2. The summed E-state index contributed by atoms with van der Waals surface area (Å²) in [6.07, 6.45) is 4.38. The second-order valence-corrected chi connectivity index (χ2v) is 14.9. The number of fused-ring (bicyclic) bond motifs is 1. The molecular formula is C42H48F2N8O4. The number of anilines is 2. The summed E-state index contributed by atoms with van der Waals surface area (Å²) >= 11 is 0. The van der Waals surface area contributed by atoms with Crippen molar-refractivity contribution in [2.45, 2.75) is 77.6 Å². The molecule has 0 spiro atoms. The molecule has 4 heterocycles. The molecule has 1 saturated heterocycles. The number of β-amino-alcohol motifs (C(OH)–C–C–N with tert-alkyl or cyclic N) is 1. The third-order valence-corrected chi connectivity index (χ3v) is 11.2. The van der Waals surface area contributed by atoms with Crippen LogP contribution in [-0.2, 0) is 22.6 Å². The Morgan fingerprint density at radius 3 is 2.39 bits per heavy atom. The fraction of sp³-hybridized carbons (Fsp3) is 0.429. The Kier molecular flexibility index (Phi) is 11.8. The quantitative estimate of drug-likeness (QED) is 0.124. The summed E-state index contributed by atoms with van der Waals surface area (Å²) in [5.41, 5.74) is 8.35. The van der Waals surface area contributed by atoms with Gasteiger partial charge in [0.05, 0.1) is 43.6 Å². The Labute approximate surface area is 325 Å². The van der Waals surface area contributed by atoms with Crippen LogP contribution in [0.15, 0.2) is 54.9 Å². The third-order valence-electron chi connectivity index (χ3n) is 11.2. The van der Waals surface area contributed by atoms with E-state index in [0.29, 0.717) is 60.4 Å². The van der Waals surface area contributed by atoms with E-state index in [1.807, 2.05) is 50.2 Å². The van der Waals surface area contributed by atoms with Crippen molar-refractivity contribution in [3.05, 3.63) is 83.1 Å². The monoisotopic (exact) mass is 766 g/mol. The minimum absolute atomic E-state index is 0.0339. The van der Waals surface area contributed by atoms with Gasteiger partial charge in [-0.1, -0.05) is 30.3 Å². The Bertz CT molecular complexity index is 2210. The average Bonchev–Trinajstić information content (AvgIpc) is 3.62. The van der Waals surface area contributed by atoms with Crippen molar-refractivity contribution < 1.29 is 28.2 Å². The molecule has 1 atom stereocenters. The van der Waals surface area contributed by atoms with Crippen LogP contribution in [0.1, 0.15) is 66.7 Å². The summed E-state index contributed by atoms with van der Waals surface area (Å²) < 4.78 is 38.9. The van der Waals surface area contributed by atoms with Gasteiger partial charge in [0.1, 0.15) is 11.2 Å². The number of methoxy groups -OCH3 is 2. The lowest BCUT2D eigenvalue weighted by Crippen LogP contribution is -2.36. The number of rotatable bonds is 12. The lowest BCUT2D eigenvalue weighted by Gasteiger charge is -2.33. The number of likely N-dealkylation sites (tertiary alicyclic amines) is 1. The highest BCUT2D eigenvalue weighted by atomic mass is 19.3. The van der Waals surface area contributed by atoms with E-state index in [0.717, 1.165) is 71.3 Å². The fourth-order valence-electron chi connectivity index (χ4n) is 8.04. The minimum atomic E-state index is -2.87. The van der Waals surface area contributed by atoms with E-state index in [4.69, 9.17) is 19.4 Å². The number of carbonyl (C=O) groups excluding carboxylic acids is 1.